The number of fused-ring (bicyclic) bond motifs is 3. The van der Waals surface area contributed by atoms with Crippen molar-refractivity contribution in [3.63, 3.8) is 0 Å². The second-order valence-corrected chi connectivity index (χ2v) is 5.45. The van der Waals surface area contributed by atoms with E-state index in [1.165, 1.54) is 21.9 Å². The van der Waals surface area contributed by atoms with Crippen molar-refractivity contribution in [1.82, 2.24) is 0 Å². The first-order valence-electron chi connectivity index (χ1n) is 5.87. The molecule has 1 aliphatic carbocycles. The van der Waals surface area contributed by atoms with Gasteiger partial charge in [-0.05, 0) is 33.7 Å². The highest BCUT2D eigenvalue weighted by atomic mass is 14.7. The number of benzene rings is 2. The molecular weight excluding hydrogens is 194 g/mol. The normalized spacial score (nSPS) is 22.3. The van der Waals surface area contributed by atoms with Gasteiger partial charge in [0.25, 0.3) is 0 Å². The first kappa shape index (κ1) is 9.86. The van der Waals surface area contributed by atoms with Gasteiger partial charge in [-0.1, -0.05) is 50.2 Å². The summed E-state index contributed by atoms with van der Waals surface area (Å²) < 4.78 is 0. The summed E-state index contributed by atoms with van der Waals surface area (Å²) in [6.45, 7) is 4.59. The Balaban J connectivity index is 2.42. The molecule has 3 rings (SSSR count). The van der Waals surface area contributed by atoms with Gasteiger partial charge in [0.05, 0.1) is 0 Å². The summed E-state index contributed by atoms with van der Waals surface area (Å²) in [6, 6.07) is 13.2. The Labute approximate surface area is 96.3 Å². The highest BCUT2D eigenvalue weighted by Gasteiger charge is 2.36. The summed E-state index contributed by atoms with van der Waals surface area (Å²) >= 11 is 0. The fourth-order valence-corrected chi connectivity index (χ4v) is 3.11. The minimum atomic E-state index is 0.203. The fourth-order valence-electron chi connectivity index (χ4n) is 3.11. The predicted octanol–water partition coefficient (Wildman–Crippen LogP) is 3.52. The monoisotopic (exact) mass is 211 g/mol. The minimum absolute atomic E-state index is 0.203. The Bertz CT molecular complexity index is 554. The van der Waals surface area contributed by atoms with E-state index in [9.17, 15) is 0 Å². The Morgan fingerprint density at radius 2 is 1.88 bits per heavy atom. The zero-order chi connectivity index (χ0) is 11.3. The van der Waals surface area contributed by atoms with Crippen LogP contribution in [0.1, 0.15) is 37.4 Å². The van der Waals surface area contributed by atoms with Gasteiger partial charge in [-0.25, -0.2) is 0 Å². The lowest BCUT2D eigenvalue weighted by atomic mass is 9.83. The van der Waals surface area contributed by atoms with E-state index >= 15 is 0 Å². The first-order chi connectivity index (χ1) is 7.59. The molecule has 1 nitrogen and oxygen atoms in total. The van der Waals surface area contributed by atoms with Crippen LogP contribution in [0.3, 0.4) is 0 Å². The molecule has 1 aliphatic rings. The van der Waals surface area contributed by atoms with Crippen molar-refractivity contribution in [3.05, 3.63) is 47.5 Å². The Hall–Kier alpha value is -1.34. The van der Waals surface area contributed by atoms with Gasteiger partial charge >= 0.3 is 0 Å². The Kier molecular flexibility index (Phi) is 1.90. The zero-order valence-corrected chi connectivity index (χ0v) is 9.83. The third-order valence-corrected chi connectivity index (χ3v) is 3.77. The maximum atomic E-state index is 6.21. The molecule has 0 heterocycles. The van der Waals surface area contributed by atoms with Crippen molar-refractivity contribution in [2.75, 3.05) is 0 Å². The van der Waals surface area contributed by atoms with Crippen molar-refractivity contribution < 1.29 is 0 Å². The van der Waals surface area contributed by atoms with Gasteiger partial charge < -0.3 is 5.73 Å². The first-order valence-corrected chi connectivity index (χ1v) is 5.87. The van der Waals surface area contributed by atoms with Gasteiger partial charge in [-0.3, -0.25) is 0 Å². The lowest BCUT2D eigenvalue weighted by Crippen LogP contribution is -2.14. The SMILES string of the molecule is CC1(C)C[C@@H](N)c2ccc3ccccc3c21. The molecule has 0 spiro atoms. The van der Waals surface area contributed by atoms with E-state index in [0.717, 1.165) is 6.42 Å². The highest BCUT2D eigenvalue weighted by molar-refractivity contribution is 5.88. The van der Waals surface area contributed by atoms with Gasteiger partial charge in [0, 0.05) is 6.04 Å². The standard InChI is InChI=1S/C15H17N/c1-15(2)9-13(16)12-8-7-10-5-3-4-6-11(10)14(12)15/h3-8,13H,9,16H2,1-2H3/t13-/m1/s1. The molecular formula is C15H17N. The molecule has 0 aliphatic heterocycles. The Morgan fingerprint density at radius 1 is 1.12 bits per heavy atom. The van der Waals surface area contributed by atoms with Crippen LogP contribution >= 0.6 is 0 Å². The fraction of sp³-hybridized carbons (Fsp3) is 0.333. The van der Waals surface area contributed by atoms with E-state index in [-0.39, 0.29) is 11.5 Å². The van der Waals surface area contributed by atoms with Crippen LogP contribution in [0.15, 0.2) is 36.4 Å². The third kappa shape index (κ3) is 1.21. The molecule has 0 bridgehead atoms. The van der Waals surface area contributed by atoms with Crippen LogP contribution < -0.4 is 5.73 Å². The molecule has 82 valence electrons. The van der Waals surface area contributed by atoms with Crippen LogP contribution in [-0.4, -0.2) is 0 Å². The van der Waals surface area contributed by atoms with Crippen LogP contribution in [-0.2, 0) is 5.41 Å². The second kappa shape index (κ2) is 3.08. The molecule has 2 aromatic carbocycles. The van der Waals surface area contributed by atoms with Crippen LogP contribution in [0.25, 0.3) is 10.8 Å². The lowest BCUT2D eigenvalue weighted by molar-refractivity contribution is 0.483. The number of nitrogens with two attached hydrogens (primary N) is 1. The predicted molar refractivity (Wildman–Crippen MR) is 68.5 cm³/mol. The van der Waals surface area contributed by atoms with Gasteiger partial charge in [-0.2, -0.15) is 0 Å². The van der Waals surface area contributed by atoms with E-state index in [1.54, 1.807) is 0 Å². The second-order valence-electron chi connectivity index (χ2n) is 5.45. The lowest BCUT2D eigenvalue weighted by Gasteiger charge is -2.20. The van der Waals surface area contributed by atoms with E-state index in [2.05, 4.69) is 50.2 Å². The quantitative estimate of drug-likeness (QED) is 0.709. The van der Waals surface area contributed by atoms with Crippen molar-refractivity contribution in [3.8, 4) is 0 Å². The van der Waals surface area contributed by atoms with Gasteiger partial charge in [0.15, 0.2) is 0 Å². The van der Waals surface area contributed by atoms with Crippen LogP contribution in [0.4, 0.5) is 0 Å². The van der Waals surface area contributed by atoms with E-state index < -0.39 is 0 Å². The molecule has 0 amide bonds. The maximum Gasteiger partial charge on any atom is 0.0306 e. The molecule has 0 unspecified atom stereocenters. The molecule has 2 N–H and O–H groups in total. The largest absolute Gasteiger partial charge is 0.324 e. The molecule has 0 saturated heterocycles. The molecule has 16 heavy (non-hydrogen) atoms. The molecule has 0 fully saturated rings. The van der Waals surface area contributed by atoms with Crippen LogP contribution in [0.2, 0.25) is 0 Å². The summed E-state index contributed by atoms with van der Waals surface area (Å²) in [5.74, 6) is 0. The average molecular weight is 211 g/mol. The topological polar surface area (TPSA) is 26.0 Å². The van der Waals surface area contributed by atoms with Crippen molar-refractivity contribution in [2.24, 2.45) is 5.73 Å². The van der Waals surface area contributed by atoms with Gasteiger partial charge in [0.2, 0.25) is 0 Å². The molecule has 1 atom stereocenters. The molecule has 1 heteroatoms. The summed E-state index contributed by atoms with van der Waals surface area (Å²) in [5.41, 5.74) is 9.21. The number of rotatable bonds is 0. The molecule has 2 aromatic rings. The van der Waals surface area contributed by atoms with Crippen molar-refractivity contribution in [1.29, 1.82) is 0 Å². The van der Waals surface area contributed by atoms with Gasteiger partial charge in [-0.15, -0.1) is 0 Å². The highest BCUT2D eigenvalue weighted by Crippen LogP contribution is 2.46. The molecule has 0 saturated carbocycles. The molecule has 0 radical (unpaired) electrons. The average Bonchev–Trinajstić information content (AvgIpc) is 2.49. The maximum absolute atomic E-state index is 6.21. The van der Waals surface area contributed by atoms with Crippen molar-refractivity contribution in [2.45, 2.75) is 31.7 Å². The molecule has 0 aromatic heterocycles. The summed E-state index contributed by atoms with van der Waals surface area (Å²) in [5, 5.41) is 2.70. The van der Waals surface area contributed by atoms with E-state index in [0.29, 0.717) is 0 Å². The van der Waals surface area contributed by atoms with Crippen LogP contribution in [0, 0.1) is 0 Å². The zero-order valence-electron chi connectivity index (χ0n) is 9.83. The Morgan fingerprint density at radius 3 is 2.69 bits per heavy atom. The van der Waals surface area contributed by atoms with Crippen molar-refractivity contribution >= 4 is 10.8 Å². The summed E-state index contributed by atoms with van der Waals surface area (Å²) in [6.07, 6.45) is 1.05. The third-order valence-electron chi connectivity index (χ3n) is 3.77. The van der Waals surface area contributed by atoms with Crippen LogP contribution in [0.5, 0.6) is 0 Å². The summed E-state index contributed by atoms with van der Waals surface area (Å²) in [4.78, 5) is 0. The smallest absolute Gasteiger partial charge is 0.0306 e. The summed E-state index contributed by atoms with van der Waals surface area (Å²) in [7, 11) is 0. The van der Waals surface area contributed by atoms with Gasteiger partial charge in [0.1, 0.15) is 0 Å². The minimum Gasteiger partial charge on any atom is -0.324 e. The number of hydrogen-bond acceptors (Lipinski definition) is 1. The number of hydrogen-bond donors (Lipinski definition) is 1. The van der Waals surface area contributed by atoms with E-state index in [1.807, 2.05) is 0 Å². The van der Waals surface area contributed by atoms with E-state index in [4.69, 9.17) is 5.73 Å².